The third kappa shape index (κ3) is 1.81. The molecule has 0 spiro atoms. The Morgan fingerprint density at radius 3 is 2.53 bits per heavy atom. The van der Waals surface area contributed by atoms with Crippen molar-refractivity contribution in [2.45, 2.75) is 13.8 Å². The lowest BCUT2D eigenvalue weighted by atomic mass is 10.00. The molecule has 0 saturated heterocycles. The van der Waals surface area contributed by atoms with Crippen LogP contribution in [0, 0.1) is 13.8 Å². The van der Waals surface area contributed by atoms with Crippen molar-refractivity contribution in [3.8, 4) is 16.9 Å². The van der Waals surface area contributed by atoms with Gasteiger partial charge < -0.3 is 5.11 Å². The maximum Gasteiger partial charge on any atom is 0.115 e. The van der Waals surface area contributed by atoms with Gasteiger partial charge in [-0.25, -0.2) is 0 Å². The van der Waals surface area contributed by atoms with Crippen molar-refractivity contribution in [3.63, 3.8) is 0 Å². The zero-order valence-corrected chi connectivity index (χ0v) is 8.73. The normalized spacial score (nSPS) is 10.3. The SMILES string of the molecule is Cc1cc(O)ccc1-c1ccnnc1C. The highest BCUT2D eigenvalue weighted by Crippen LogP contribution is 2.27. The predicted molar refractivity (Wildman–Crippen MR) is 58.6 cm³/mol. The maximum absolute atomic E-state index is 9.33. The molecule has 0 radical (unpaired) electrons. The monoisotopic (exact) mass is 200 g/mol. The molecule has 2 rings (SSSR count). The average molecular weight is 200 g/mol. The predicted octanol–water partition coefficient (Wildman–Crippen LogP) is 2.47. The fourth-order valence-corrected chi connectivity index (χ4v) is 1.64. The third-order valence-electron chi connectivity index (χ3n) is 2.41. The van der Waals surface area contributed by atoms with Crippen LogP contribution in [0.15, 0.2) is 30.5 Å². The van der Waals surface area contributed by atoms with Gasteiger partial charge in [-0.15, -0.1) is 0 Å². The molecule has 0 atom stereocenters. The van der Waals surface area contributed by atoms with Crippen LogP contribution in [-0.4, -0.2) is 15.3 Å². The summed E-state index contributed by atoms with van der Waals surface area (Å²) in [5.41, 5.74) is 4.07. The number of nitrogens with zero attached hydrogens (tertiary/aromatic N) is 2. The van der Waals surface area contributed by atoms with Gasteiger partial charge in [0.15, 0.2) is 0 Å². The van der Waals surface area contributed by atoms with E-state index in [0.29, 0.717) is 0 Å². The zero-order valence-electron chi connectivity index (χ0n) is 8.73. The van der Waals surface area contributed by atoms with E-state index < -0.39 is 0 Å². The molecular weight excluding hydrogens is 188 g/mol. The third-order valence-corrected chi connectivity index (χ3v) is 2.41. The summed E-state index contributed by atoms with van der Waals surface area (Å²) in [6, 6.07) is 7.26. The highest BCUT2D eigenvalue weighted by atomic mass is 16.3. The average Bonchev–Trinajstić information content (AvgIpc) is 2.20. The molecule has 0 fully saturated rings. The van der Waals surface area contributed by atoms with Crippen LogP contribution in [-0.2, 0) is 0 Å². The number of aryl methyl sites for hydroxylation is 2. The number of hydrogen-bond acceptors (Lipinski definition) is 3. The van der Waals surface area contributed by atoms with Gasteiger partial charge in [-0.2, -0.15) is 10.2 Å². The van der Waals surface area contributed by atoms with Gasteiger partial charge in [0.2, 0.25) is 0 Å². The number of hydrogen-bond donors (Lipinski definition) is 1. The van der Waals surface area contributed by atoms with Crippen LogP contribution in [0.4, 0.5) is 0 Å². The van der Waals surface area contributed by atoms with E-state index in [-0.39, 0.29) is 5.75 Å². The van der Waals surface area contributed by atoms with E-state index in [2.05, 4.69) is 10.2 Å². The van der Waals surface area contributed by atoms with Crippen LogP contribution < -0.4 is 0 Å². The van der Waals surface area contributed by atoms with E-state index in [0.717, 1.165) is 22.4 Å². The first-order valence-corrected chi connectivity index (χ1v) is 4.77. The Morgan fingerprint density at radius 2 is 1.87 bits per heavy atom. The summed E-state index contributed by atoms with van der Waals surface area (Å²) >= 11 is 0. The molecule has 1 aromatic carbocycles. The Balaban J connectivity index is 2.60. The molecule has 1 heterocycles. The molecule has 0 aliphatic heterocycles. The van der Waals surface area contributed by atoms with Gasteiger partial charge in [0.1, 0.15) is 5.75 Å². The molecule has 0 unspecified atom stereocenters. The first-order chi connectivity index (χ1) is 7.18. The lowest BCUT2D eigenvalue weighted by Crippen LogP contribution is -1.91. The van der Waals surface area contributed by atoms with Crippen molar-refractivity contribution in [2.75, 3.05) is 0 Å². The molecule has 2 aromatic rings. The highest BCUT2D eigenvalue weighted by Gasteiger charge is 2.05. The molecule has 15 heavy (non-hydrogen) atoms. The molecule has 0 aliphatic carbocycles. The fourth-order valence-electron chi connectivity index (χ4n) is 1.64. The summed E-state index contributed by atoms with van der Waals surface area (Å²) in [7, 11) is 0. The maximum atomic E-state index is 9.33. The van der Waals surface area contributed by atoms with Crippen LogP contribution in [0.3, 0.4) is 0 Å². The van der Waals surface area contributed by atoms with Gasteiger partial charge in [-0.1, -0.05) is 6.07 Å². The van der Waals surface area contributed by atoms with Crippen LogP contribution in [0.1, 0.15) is 11.3 Å². The van der Waals surface area contributed by atoms with Crippen LogP contribution in [0.5, 0.6) is 5.75 Å². The van der Waals surface area contributed by atoms with Gasteiger partial charge in [0.05, 0.1) is 11.9 Å². The molecular formula is C12H12N2O. The molecule has 1 aromatic heterocycles. The number of phenolic OH excluding ortho intramolecular Hbond substituents is 1. The van der Waals surface area contributed by atoms with E-state index in [4.69, 9.17) is 0 Å². The molecule has 1 N–H and O–H groups in total. The van der Waals surface area contributed by atoms with Crippen LogP contribution in [0.2, 0.25) is 0 Å². The summed E-state index contributed by atoms with van der Waals surface area (Å²) in [6.45, 7) is 3.89. The summed E-state index contributed by atoms with van der Waals surface area (Å²) in [5.74, 6) is 0.288. The van der Waals surface area contributed by atoms with Gasteiger partial charge in [0, 0.05) is 5.56 Å². The molecule has 76 valence electrons. The topological polar surface area (TPSA) is 46.0 Å². The van der Waals surface area contributed by atoms with E-state index in [1.54, 1.807) is 18.3 Å². The standard InChI is InChI=1S/C12H12N2O/c1-8-7-10(15)3-4-11(8)12-5-6-13-14-9(12)2/h3-7,15H,1-2H3. The Kier molecular flexibility index (Phi) is 2.37. The Hall–Kier alpha value is -1.90. The molecule has 3 heteroatoms. The van der Waals surface area contributed by atoms with Gasteiger partial charge in [0.25, 0.3) is 0 Å². The largest absolute Gasteiger partial charge is 0.508 e. The molecule has 0 saturated carbocycles. The van der Waals surface area contributed by atoms with Gasteiger partial charge in [-0.3, -0.25) is 0 Å². The molecule has 3 nitrogen and oxygen atoms in total. The van der Waals surface area contributed by atoms with Crippen LogP contribution >= 0.6 is 0 Å². The first kappa shape index (κ1) is 9.65. The molecule has 0 bridgehead atoms. The molecule has 0 aliphatic rings. The van der Waals surface area contributed by atoms with Crippen molar-refractivity contribution in [3.05, 3.63) is 41.7 Å². The van der Waals surface area contributed by atoms with Crippen molar-refractivity contribution in [2.24, 2.45) is 0 Å². The van der Waals surface area contributed by atoms with Crippen LogP contribution in [0.25, 0.3) is 11.1 Å². The lowest BCUT2D eigenvalue weighted by molar-refractivity contribution is 0.475. The van der Waals surface area contributed by atoms with Gasteiger partial charge in [-0.05, 0) is 43.2 Å². The minimum Gasteiger partial charge on any atom is -0.508 e. The minimum absolute atomic E-state index is 0.288. The lowest BCUT2D eigenvalue weighted by Gasteiger charge is -2.07. The first-order valence-electron chi connectivity index (χ1n) is 4.77. The summed E-state index contributed by atoms with van der Waals surface area (Å²) in [5, 5.41) is 17.2. The van der Waals surface area contributed by atoms with Crippen molar-refractivity contribution in [1.82, 2.24) is 10.2 Å². The number of phenols is 1. The van der Waals surface area contributed by atoms with E-state index in [1.165, 1.54) is 0 Å². The summed E-state index contributed by atoms with van der Waals surface area (Å²) < 4.78 is 0. The van der Waals surface area contributed by atoms with Gasteiger partial charge >= 0.3 is 0 Å². The minimum atomic E-state index is 0.288. The summed E-state index contributed by atoms with van der Waals surface area (Å²) in [6.07, 6.45) is 1.68. The second-order valence-electron chi connectivity index (χ2n) is 3.53. The quantitative estimate of drug-likeness (QED) is 0.769. The Morgan fingerprint density at radius 1 is 1.07 bits per heavy atom. The summed E-state index contributed by atoms with van der Waals surface area (Å²) in [4.78, 5) is 0. The fraction of sp³-hybridized carbons (Fsp3) is 0.167. The van der Waals surface area contributed by atoms with E-state index in [9.17, 15) is 5.11 Å². The smallest absolute Gasteiger partial charge is 0.115 e. The second kappa shape index (κ2) is 3.69. The zero-order chi connectivity index (χ0) is 10.8. The Bertz CT molecular complexity index is 495. The van der Waals surface area contributed by atoms with Crippen molar-refractivity contribution < 1.29 is 5.11 Å². The number of aromatic hydroxyl groups is 1. The Labute approximate surface area is 88.4 Å². The molecule has 0 amide bonds. The van der Waals surface area contributed by atoms with E-state index in [1.807, 2.05) is 26.0 Å². The van der Waals surface area contributed by atoms with Crippen molar-refractivity contribution >= 4 is 0 Å². The highest BCUT2D eigenvalue weighted by molar-refractivity contribution is 5.69. The number of aromatic nitrogens is 2. The van der Waals surface area contributed by atoms with Crippen molar-refractivity contribution in [1.29, 1.82) is 0 Å². The second-order valence-corrected chi connectivity index (χ2v) is 3.53. The number of rotatable bonds is 1. The number of benzene rings is 1. The van der Waals surface area contributed by atoms with E-state index >= 15 is 0 Å².